The molecule has 3 aromatic rings. The number of rotatable bonds is 5. The quantitative estimate of drug-likeness (QED) is 0.683. The number of nitrogens with one attached hydrogen (secondary N) is 1. The van der Waals surface area contributed by atoms with Crippen molar-refractivity contribution in [1.29, 1.82) is 0 Å². The number of carbonyl (C=O) groups excluding carboxylic acids is 1. The van der Waals surface area contributed by atoms with E-state index in [0.29, 0.717) is 13.1 Å². The molecular weight excluding hydrogens is 398 g/mol. The van der Waals surface area contributed by atoms with Crippen LogP contribution in [0.25, 0.3) is 0 Å². The minimum absolute atomic E-state index is 0.0849. The maximum absolute atomic E-state index is 12.9. The van der Waals surface area contributed by atoms with E-state index in [9.17, 15) is 4.79 Å². The first-order valence-corrected chi connectivity index (χ1v) is 11.3. The van der Waals surface area contributed by atoms with Gasteiger partial charge in [-0.15, -0.1) is 0 Å². The Kier molecular flexibility index (Phi) is 5.37. The van der Waals surface area contributed by atoms with Gasteiger partial charge in [-0.05, 0) is 46.9 Å². The van der Waals surface area contributed by atoms with Crippen LogP contribution in [0, 0.1) is 0 Å². The molecule has 1 spiro atoms. The highest BCUT2D eigenvalue weighted by molar-refractivity contribution is 7.07. The van der Waals surface area contributed by atoms with E-state index in [1.165, 1.54) is 5.56 Å². The normalized spacial score (nSPS) is 20.7. The van der Waals surface area contributed by atoms with Crippen molar-refractivity contribution >= 4 is 17.2 Å². The highest BCUT2D eigenvalue weighted by Gasteiger charge is 2.47. The number of piperidine rings is 1. The van der Waals surface area contributed by atoms with Gasteiger partial charge in [-0.25, -0.2) is 4.98 Å². The second-order valence-electron chi connectivity index (χ2n) is 7.99. The third-order valence-electron chi connectivity index (χ3n) is 5.99. The molecule has 30 heavy (non-hydrogen) atoms. The molecule has 1 amide bonds. The fraction of sp³-hybridized carbons (Fsp3) is 0.409. The summed E-state index contributed by atoms with van der Waals surface area (Å²) in [6.07, 6.45) is 8.41. The number of carbonyl (C=O) groups is 1. The summed E-state index contributed by atoms with van der Waals surface area (Å²) in [7, 11) is 0. The molecule has 2 aliphatic rings. The zero-order chi connectivity index (χ0) is 20.4. The molecule has 1 atom stereocenters. The third kappa shape index (κ3) is 3.90. The zero-order valence-electron chi connectivity index (χ0n) is 16.7. The lowest BCUT2D eigenvalue weighted by atomic mass is 9.88. The first-order chi connectivity index (χ1) is 14.7. The number of pyridine rings is 1. The van der Waals surface area contributed by atoms with E-state index in [2.05, 4.69) is 41.6 Å². The second-order valence-corrected chi connectivity index (χ2v) is 8.77. The Balaban J connectivity index is 1.27. The Labute approximate surface area is 179 Å². The van der Waals surface area contributed by atoms with Gasteiger partial charge < -0.3 is 14.6 Å². The SMILES string of the molecule is O=C(NCc1cccnc1)[C@@H]1Cn2ccnc2C2(CCN(Cc3ccsc3)CC2)O1. The van der Waals surface area contributed by atoms with Crippen molar-refractivity contribution in [2.24, 2.45) is 0 Å². The summed E-state index contributed by atoms with van der Waals surface area (Å²) in [5, 5.41) is 7.33. The number of hydrogen-bond acceptors (Lipinski definition) is 6. The molecule has 8 heteroatoms. The molecule has 0 aromatic carbocycles. The summed E-state index contributed by atoms with van der Waals surface area (Å²) < 4.78 is 8.59. The fourth-order valence-electron chi connectivity index (χ4n) is 4.39. The van der Waals surface area contributed by atoms with Crippen LogP contribution < -0.4 is 5.32 Å². The Morgan fingerprint density at radius 2 is 2.17 bits per heavy atom. The van der Waals surface area contributed by atoms with Gasteiger partial charge in [0.15, 0.2) is 6.10 Å². The average molecular weight is 424 g/mol. The molecule has 5 rings (SSSR count). The summed E-state index contributed by atoms with van der Waals surface area (Å²) in [6, 6.07) is 6.00. The minimum atomic E-state index is -0.521. The maximum atomic E-state index is 12.9. The molecular formula is C22H25N5O2S. The molecule has 0 radical (unpaired) electrons. The van der Waals surface area contributed by atoms with Crippen molar-refractivity contribution in [3.05, 3.63) is 70.7 Å². The van der Waals surface area contributed by atoms with E-state index >= 15 is 0 Å². The van der Waals surface area contributed by atoms with E-state index in [1.54, 1.807) is 23.7 Å². The molecule has 156 valence electrons. The Morgan fingerprint density at radius 3 is 2.93 bits per heavy atom. The number of nitrogens with zero attached hydrogens (tertiary/aromatic N) is 4. The molecule has 0 saturated carbocycles. The second kappa shape index (κ2) is 8.29. The van der Waals surface area contributed by atoms with Crippen LogP contribution in [0.3, 0.4) is 0 Å². The van der Waals surface area contributed by atoms with Crippen molar-refractivity contribution < 1.29 is 9.53 Å². The highest BCUT2D eigenvalue weighted by Crippen LogP contribution is 2.40. The standard InChI is InChI=1S/C22H25N5O2S/c28-20(25-13-17-2-1-6-23-12-17)19-15-27-10-7-24-21(27)22(29-19)4-8-26(9-5-22)14-18-3-11-30-16-18/h1-3,6-7,10-12,16,19H,4-5,8-9,13-15H2,(H,25,28)/t19-/m0/s1. The monoisotopic (exact) mass is 423 g/mol. The summed E-state index contributed by atoms with van der Waals surface area (Å²) in [6.45, 7) is 3.75. The van der Waals surface area contributed by atoms with Gasteiger partial charge in [0.05, 0.1) is 6.54 Å². The summed E-state index contributed by atoms with van der Waals surface area (Å²) in [5.74, 6) is 0.868. The van der Waals surface area contributed by atoms with E-state index in [-0.39, 0.29) is 5.91 Å². The average Bonchev–Trinajstić information content (AvgIpc) is 3.47. The van der Waals surface area contributed by atoms with Gasteiger partial charge in [-0.3, -0.25) is 14.7 Å². The van der Waals surface area contributed by atoms with Gasteiger partial charge in [-0.1, -0.05) is 6.07 Å². The molecule has 0 aliphatic carbocycles. The van der Waals surface area contributed by atoms with Crippen LogP contribution >= 0.6 is 11.3 Å². The smallest absolute Gasteiger partial charge is 0.251 e. The van der Waals surface area contributed by atoms with Crippen LogP contribution in [0.15, 0.2) is 53.7 Å². The number of thiophene rings is 1. The first kappa shape index (κ1) is 19.4. The maximum Gasteiger partial charge on any atom is 0.251 e. The molecule has 2 aliphatic heterocycles. The van der Waals surface area contributed by atoms with E-state index < -0.39 is 11.7 Å². The predicted octanol–water partition coefficient (Wildman–Crippen LogP) is 2.55. The van der Waals surface area contributed by atoms with Gasteiger partial charge in [0.1, 0.15) is 11.4 Å². The van der Waals surface area contributed by atoms with Crippen molar-refractivity contribution in [2.75, 3.05) is 13.1 Å². The topological polar surface area (TPSA) is 72.3 Å². The molecule has 0 unspecified atom stereocenters. The van der Waals surface area contributed by atoms with Crippen molar-refractivity contribution in [3.63, 3.8) is 0 Å². The molecule has 1 N–H and O–H groups in total. The van der Waals surface area contributed by atoms with Crippen molar-refractivity contribution in [2.45, 2.75) is 44.2 Å². The third-order valence-corrected chi connectivity index (χ3v) is 6.72. The number of hydrogen-bond donors (Lipinski definition) is 1. The Hall–Kier alpha value is -2.55. The molecule has 5 heterocycles. The first-order valence-electron chi connectivity index (χ1n) is 10.3. The lowest BCUT2D eigenvalue weighted by Crippen LogP contribution is -2.53. The molecule has 7 nitrogen and oxygen atoms in total. The van der Waals surface area contributed by atoms with E-state index in [4.69, 9.17) is 4.74 Å². The summed E-state index contributed by atoms with van der Waals surface area (Å²) in [5.41, 5.74) is 1.83. The number of ether oxygens (including phenoxy) is 1. The molecule has 0 bridgehead atoms. The van der Waals surface area contributed by atoms with Crippen molar-refractivity contribution in [1.82, 2.24) is 24.8 Å². The Bertz CT molecular complexity index is 980. The summed E-state index contributed by atoms with van der Waals surface area (Å²) in [4.78, 5) is 24.1. The zero-order valence-corrected chi connectivity index (χ0v) is 17.6. The highest BCUT2D eigenvalue weighted by atomic mass is 32.1. The molecule has 3 aromatic heterocycles. The summed E-state index contributed by atoms with van der Waals surface area (Å²) >= 11 is 1.73. The van der Waals surface area contributed by atoms with Crippen LogP contribution in [0.1, 0.15) is 29.8 Å². The number of likely N-dealkylation sites (tertiary alicyclic amines) is 1. The molecule has 1 fully saturated rings. The van der Waals surface area contributed by atoms with E-state index in [1.807, 2.05) is 24.5 Å². The lowest BCUT2D eigenvalue weighted by Gasteiger charge is -2.45. The van der Waals surface area contributed by atoms with Gasteiger partial charge >= 0.3 is 0 Å². The van der Waals surface area contributed by atoms with Crippen LogP contribution in [-0.4, -0.2) is 44.5 Å². The number of imidazole rings is 1. The van der Waals surface area contributed by atoms with Crippen molar-refractivity contribution in [3.8, 4) is 0 Å². The number of aromatic nitrogens is 3. The van der Waals surface area contributed by atoms with Crippen LogP contribution in [0.4, 0.5) is 0 Å². The molecule has 1 saturated heterocycles. The van der Waals surface area contributed by atoms with Crippen LogP contribution in [-0.2, 0) is 34.8 Å². The van der Waals surface area contributed by atoms with Gasteiger partial charge in [0.25, 0.3) is 5.91 Å². The van der Waals surface area contributed by atoms with Gasteiger partial charge in [0.2, 0.25) is 0 Å². The van der Waals surface area contributed by atoms with Crippen LogP contribution in [0.2, 0.25) is 0 Å². The minimum Gasteiger partial charge on any atom is -0.352 e. The lowest BCUT2D eigenvalue weighted by molar-refractivity contribution is -0.174. The number of fused-ring (bicyclic) bond motifs is 2. The van der Waals surface area contributed by atoms with Gasteiger partial charge in [0, 0.05) is 51.0 Å². The largest absolute Gasteiger partial charge is 0.352 e. The predicted molar refractivity (Wildman–Crippen MR) is 114 cm³/mol. The fourth-order valence-corrected chi connectivity index (χ4v) is 5.05. The van der Waals surface area contributed by atoms with Crippen LogP contribution in [0.5, 0.6) is 0 Å². The van der Waals surface area contributed by atoms with E-state index in [0.717, 1.165) is 43.9 Å². The van der Waals surface area contributed by atoms with Gasteiger partial charge in [-0.2, -0.15) is 11.3 Å². The Morgan fingerprint density at radius 1 is 1.27 bits per heavy atom. The number of amides is 1.